The summed E-state index contributed by atoms with van der Waals surface area (Å²) in [5, 5.41) is 12.0. The van der Waals surface area contributed by atoms with Gasteiger partial charge in [0, 0.05) is 24.6 Å². The summed E-state index contributed by atoms with van der Waals surface area (Å²) < 4.78 is 24.2. The van der Waals surface area contributed by atoms with E-state index in [0.717, 1.165) is 5.69 Å². The summed E-state index contributed by atoms with van der Waals surface area (Å²) >= 11 is 0. The number of sulfonamides is 1. The van der Waals surface area contributed by atoms with Crippen LogP contribution in [0.2, 0.25) is 0 Å². The third kappa shape index (κ3) is 2.79. The largest absolute Gasteiger partial charge is 0.399 e. The maximum Gasteiger partial charge on any atom is 0.238 e. The Bertz CT molecular complexity index is 677. The summed E-state index contributed by atoms with van der Waals surface area (Å²) in [5.41, 5.74) is 7.21. The second kappa shape index (κ2) is 4.31. The number of benzene rings is 1. The van der Waals surface area contributed by atoms with Crippen molar-refractivity contribution in [2.75, 3.05) is 11.1 Å². The van der Waals surface area contributed by atoms with Crippen LogP contribution in [0, 0.1) is 0 Å². The van der Waals surface area contributed by atoms with E-state index in [-0.39, 0.29) is 4.90 Å². The minimum absolute atomic E-state index is 0.0334. The first-order chi connectivity index (χ1) is 8.34. The molecule has 0 aliphatic heterocycles. The fraction of sp³-hybridized carbons (Fsp3) is 0.100. The quantitative estimate of drug-likeness (QED) is 0.696. The second-order valence-corrected chi connectivity index (χ2v) is 5.42. The number of nitrogens with one attached hydrogen (secondary N) is 1. The molecule has 0 aliphatic rings. The highest BCUT2D eigenvalue weighted by atomic mass is 32.2. The number of nitrogens with two attached hydrogens (primary N) is 2. The molecule has 0 unspecified atom stereocenters. The smallest absolute Gasteiger partial charge is 0.238 e. The van der Waals surface area contributed by atoms with Crippen molar-refractivity contribution in [2.24, 2.45) is 12.2 Å². The molecule has 2 aromatic rings. The number of hydrogen-bond donors (Lipinski definition) is 3. The summed E-state index contributed by atoms with van der Waals surface area (Å²) in [7, 11) is -2.00. The number of anilines is 3. The standard InChI is InChI=1S/C10H13N5O2S/c1-15-6-9(5-13-15)14-8-2-7(11)3-10(4-8)18(12,16)17/h2-6,14H,11H2,1H3,(H2,12,16,17). The lowest BCUT2D eigenvalue weighted by molar-refractivity contribution is 0.598. The first-order valence-corrected chi connectivity index (χ1v) is 6.58. The van der Waals surface area contributed by atoms with Crippen LogP contribution in [-0.2, 0) is 17.1 Å². The lowest BCUT2D eigenvalue weighted by Crippen LogP contribution is -2.12. The molecule has 0 aliphatic carbocycles. The van der Waals surface area contributed by atoms with E-state index in [9.17, 15) is 8.42 Å². The Morgan fingerprint density at radius 1 is 1.28 bits per heavy atom. The summed E-state index contributed by atoms with van der Waals surface area (Å²) in [6, 6.07) is 4.34. The molecule has 0 bridgehead atoms. The van der Waals surface area contributed by atoms with Gasteiger partial charge in [0.15, 0.2) is 0 Å². The summed E-state index contributed by atoms with van der Waals surface area (Å²) in [4.78, 5) is -0.0334. The predicted molar refractivity (Wildman–Crippen MR) is 68.7 cm³/mol. The third-order valence-electron chi connectivity index (χ3n) is 2.25. The summed E-state index contributed by atoms with van der Waals surface area (Å²) in [6.07, 6.45) is 3.36. The minimum Gasteiger partial charge on any atom is -0.399 e. The molecule has 96 valence electrons. The van der Waals surface area contributed by atoms with Gasteiger partial charge in [-0.1, -0.05) is 0 Å². The zero-order valence-corrected chi connectivity index (χ0v) is 10.5. The summed E-state index contributed by atoms with van der Waals surface area (Å²) in [6.45, 7) is 0. The van der Waals surface area contributed by atoms with Crippen LogP contribution in [0.4, 0.5) is 17.1 Å². The van der Waals surface area contributed by atoms with Crippen LogP contribution in [0.1, 0.15) is 0 Å². The topological polar surface area (TPSA) is 116 Å². The monoisotopic (exact) mass is 267 g/mol. The number of rotatable bonds is 3. The fourth-order valence-corrected chi connectivity index (χ4v) is 2.10. The van der Waals surface area contributed by atoms with Gasteiger partial charge in [-0.2, -0.15) is 5.10 Å². The Balaban J connectivity index is 2.37. The predicted octanol–water partition coefficient (Wildman–Crippen LogP) is 0.393. The van der Waals surface area contributed by atoms with E-state index in [1.165, 1.54) is 12.1 Å². The molecule has 1 aromatic heterocycles. The molecule has 7 nitrogen and oxygen atoms in total. The molecule has 18 heavy (non-hydrogen) atoms. The Hall–Kier alpha value is -2.06. The van der Waals surface area contributed by atoms with E-state index >= 15 is 0 Å². The maximum atomic E-state index is 11.3. The van der Waals surface area contributed by atoms with Gasteiger partial charge in [-0.15, -0.1) is 0 Å². The molecule has 1 heterocycles. The summed E-state index contributed by atoms with van der Waals surface area (Å²) in [5.74, 6) is 0. The van der Waals surface area contributed by atoms with Crippen molar-refractivity contribution in [3.63, 3.8) is 0 Å². The number of primary sulfonamides is 1. The average molecular weight is 267 g/mol. The molecule has 0 atom stereocenters. The Morgan fingerprint density at radius 3 is 2.56 bits per heavy atom. The van der Waals surface area contributed by atoms with Crippen molar-refractivity contribution in [1.29, 1.82) is 0 Å². The van der Waals surface area contributed by atoms with Gasteiger partial charge in [0.1, 0.15) is 0 Å². The first kappa shape index (κ1) is 12.4. The Kier molecular flexibility index (Phi) is 2.97. The molecule has 0 saturated carbocycles. The van der Waals surface area contributed by atoms with Crippen LogP contribution < -0.4 is 16.2 Å². The van der Waals surface area contributed by atoms with Crippen LogP contribution >= 0.6 is 0 Å². The van der Waals surface area contributed by atoms with E-state index in [1.54, 1.807) is 30.2 Å². The molecule has 0 amide bonds. The highest BCUT2D eigenvalue weighted by Gasteiger charge is 2.10. The van der Waals surface area contributed by atoms with E-state index in [2.05, 4.69) is 10.4 Å². The van der Waals surface area contributed by atoms with Crippen LogP contribution in [0.5, 0.6) is 0 Å². The highest BCUT2D eigenvalue weighted by molar-refractivity contribution is 7.89. The van der Waals surface area contributed by atoms with Gasteiger partial charge in [0.25, 0.3) is 0 Å². The number of nitrogen functional groups attached to an aromatic ring is 1. The van der Waals surface area contributed by atoms with E-state index in [1.807, 2.05) is 0 Å². The van der Waals surface area contributed by atoms with Crippen molar-refractivity contribution in [3.8, 4) is 0 Å². The third-order valence-corrected chi connectivity index (χ3v) is 3.14. The number of aryl methyl sites for hydroxylation is 1. The number of hydrogen-bond acceptors (Lipinski definition) is 5. The normalized spacial score (nSPS) is 11.4. The molecule has 2 rings (SSSR count). The molecule has 0 saturated heterocycles. The van der Waals surface area contributed by atoms with Gasteiger partial charge in [0.05, 0.1) is 16.8 Å². The molecule has 0 fully saturated rings. The molecule has 0 radical (unpaired) electrons. The van der Waals surface area contributed by atoms with E-state index < -0.39 is 10.0 Å². The van der Waals surface area contributed by atoms with Gasteiger partial charge < -0.3 is 11.1 Å². The van der Waals surface area contributed by atoms with E-state index in [0.29, 0.717) is 11.4 Å². The lowest BCUT2D eigenvalue weighted by Gasteiger charge is -2.07. The molecule has 0 spiro atoms. The fourth-order valence-electron chi connectivity index (χ4n) is 1.51. The van der Waals surface area contributed by atoms with Crippen LogP contribution in [0.3, 0.4) is 0 Å². The molecular formula is C10H13N5O2S. The van der Waals surface area contributed by atoms with Crippen molar-refractivity contribution in [2.45, 2.75) is 4.90 Å². The SMILES string of the molecule is Cn1cc(Nc2cc(N)cc(S(N)(=O)=O)c2)cn1. The van der Waals surface area contributed by atoms with E-state index in [4.69, 9.17) is 10.9 Å². The first-order valence-electron chi connectivity index (χ1n) is 5.03. The van der Waals surface area contributed by atoms with Gasteiger partial charge in [0.2, 0.25) is 10.0 Å². The van der Waals surface area contributed by atoms with Gasteiger partial charge in [-0.05, 0) is 18.2 Å². The zero-order chi connectivity index (χ0) is 13.3. The zero-order valence-electron chi connectivity index (χ0n) is 9.66. The van der Waals surface area contributed by atoms with Crippen molar-refractivity contribution >= 4 is 27.1 Å². The van der Waals surface area contributed by atoms with Crippen molar-refractivity contribution < 1.29 is 8.42 Å². The molecular weight excluding hydrogens is 254 g/mol. The number of aromatic nitrogens is 2. The second-order valence-electron chi connectivity index (χ2n) is 3.86. The van der Waals surface area contributed by atoms with Gasteiger partial charge in [-0.3, -0.25) is 4.68 Å². The average Bonchev–Trinajstić information content (AvgIpc) is 2.61. The molecule has 1 aromatic carbocycles. The van der Waals surface area contributed by atoms with Crippen LogP contribution in [0.15, 0.2) is 35.5 Å². The molecule has 5 N–H and O–H groups in total. The van der Waals surface area contributed by atoms with Gasteiger partial charge in [-0.25, -0.2) is 13.6 Å². The van der Waals surface area contributed by atoms with Crippen LogP contribution in [-0.4, -0.2) is 18.2 Å². The Labute approximate surface area is 104 Å². The van der Waals surface area contributed by atoms with Crippen molar-refractivity contribution in [3.05, 3.63) is 30.6 Å². The minimum atomic E-state index is -3.78. The maximum absolute atomic E-state index is 11.3. The Morgan fingerprint density at radius 2 is 2.00 bits per heavy atom. The highest BCUT2D eigenvalue weighted by Crippen LogP contribution is 2.22. The lowest BCUT2D eigenvalue weighted by atomic mass is 10.3. The van der Waals surface area contributed by atoms with Gasteiger partial charge >= 0.3 is 0 Å². The molecule has 8 heteroatoms. The van der Waals surface area contributed by atoms with Crippen molar-refractivity contribution in [1.82, 2.24) is 9.78 Å². The number of nitrogens with zero attached hydrogens (tertiary/aromatic N) is 2. The van der Waals surface area contributed by atoms with Crippen LogP contribution in [0.25, 0.3) is 0 Å².